The van der Waals surface area contributed by atoms with Crippen LogP contribution in [0.15, 0.2) is 48.7 Å². The lowest BCUT2D eigenvalue weighted by molar-refractivity contribution is -0.120. The molecule has 1 aromatic heterocycles. The summed E-state index contributed by atoms with van der Waals surface area (Å²) in [6.45, 7) is 2.72. The molecule has 1 atom stereocenters. The molecular weight excluding hydrogens is 318 g/mol. The summed E-state index contributed by atoms with van der Waals surface area (Å²) in [6.07, 6.45) is 3.30. The Morgan fingerprint density at radius 2 is 2.00 bits per heavy atom. The van der Waals surface area contributed by atoms with E-state index in [9.17, 15) is 9.59 Å². The molecule has 2 amide bonds. The molecule has 1 fully saturated rings. The molecule has 0 radical (unpaired) electrons. The van der Waals surface area contributed by atoms with Crippen LogP contribution in [-0.2, 0) is 4.79 Å². The maximum absolute atomic E-state index is 12.6. The summed E-state index contributed by atoms with van der Waals surface area (Å²) in [4.78, 5) is 29.8. The van der Waals surface area contributed by atoms with Gasteiger partial charge in [0, 0.05) is 38.3 Å². The second-order valence-electron chi connectivity index (χ2n) is 6.09. The van der Waals surface area contributed by atoms with Crippen molar-refractivity contribution < 1.29 is 14.3 Å². The van der Waals surface area contributed by atoms with Gasteiger partial charge in [-0.25, -0.2) is 4.98 Å². The summed E-state index contributed by atoms with van der Waals surface area (Å²) in [5, 5.41) is 2.89. The Balaban J connectivity index is 1.63. The Kier molecular flexibility index (Phi) is 5.28. The van der Waals surface area contributed by atoms with E-state index < -0.39 is 0 Å². The Labute approximate surface area is 146 Å². The van der Waals surface area contributed by atoms with Gasteiger partial charge in [-0.2, -0.15) is 0 Å². The normalized spacial score (nSPS) is 17.0. The monoisotopic (exact) mass is 339 g/mol. The highest BCUT2D eigenvalue weighted by atomic mass is 16.5. The number of rotatable bonds is 4. The standard InChI is InChI=1S/C19H21N3O3/c1-14(23)21-16-6-5-11-22(13-16)19(24)15-9-10-18(20-12-15)25-17-7-3-2-4-8-17/h2-4,7-10,12,16H,5-6,11,13H2,1H3,(H,21,23). The van der Waals surface area contributed by atoms with Gasteiger partial charge in [-0.05, 0) is 31.0 Å². The fourth-order valence-corrected chi connectivity index (χ4v) is 2.93. The van der Waals surface area contributed by atoms with Crippen LogP contribution in [0.2, 0.25) is 0 Å². The number of hydrogen-bond acceptors (Lipinski definition) is 4. The van der Waals surface area contributed by atoms with Crippen molar-refractivity contribution in [1.82, 2.24) is 15.2 Å². The number of nitrogens with zero attached hydrogens (tertiary/aromatic N) is 2. The number of carbonyl (C=O) groups excluding carboxylic acids is 2. The van der Waals surface area contributed by atoms with Gasteiger partial charge in [0.2, 0.25) is 11.8 Å². The van der Waals surface area contributed by atoms with Crippen molar-refractivity contribution in [3.63, 3.8) is 0 Å². The highest BCUT2D eigenvalue weighted by Gasteiger charge is 2.25. The number of amides is 2. The van der Waals surface area contributed by atoms with Crippen LogP contribution in [0.3, 0.4) is 0 Å². The van der Waals surface area contributed by atoms with Gasteiger partial charge in [0.05, 0.1) is 5.56 Å². The Bertz CT molecular complexity index is 731. The molecule has 130 valence electrons. The van der Waals surface area contributed by atoms with Crippen molar-refractivity contribution in [2.24, 2.45) is 0 Å². The zero-order valence-corrected chi connectivity index (χ0v) is 14.1. The molecule has 1 saturated heterocycles. The lowest BCUT2D eigenvalue weighted by Gasteiger charge is -2.33. The smallest absolute Gasteiger partial charge is 0.255 e. The first kappa shape index (κ1) is 17.0. The first-order valence-corrected chi connectivity index (χ1v) is 8.37. The third-order valence-corrected chi connectivity index (χ3v) is 4.06. The topological polar surface area (TPSA) is 71.5 Å². The molecule has 25 heavy (non-hydrogen) atoms. The van der Waals surface area contributed by atoms with Crippen LogP contribution in [0.1, 0.15) is 30.1 Å². The largest absolute Gasteiger partial charge is 0.439 e. The number of nitrogens with one attached hydrogen (secondary N) is 1. The predicted octanol–water partition coefficient (Wildman–Crippen LogP) is 2.61. The van der Waals surface area contributed by atoms with E-state index >= 15 is 0 Å². The van der Waals surface area contributed by atoms with Crippen molar-refractivity contribution >= 4 is 11.8 Å². The molecule has 1 aromatic carbocycles. The van der Waals surface area contributed by atoms with Gasteiger partial charge in [-0.15, -0.1) is 0 Å². The first-order chi connectivity index (χ1) is 12.1. The number of pyridine rings is 1. The minimum absolute atomic E-state index is 0.0175. The molecule has 6 heteroatoms. The maximum Gasteiger partial charge on any atom is 0.255 e. The second kappa shape index (κ2) is 7.79. The number of benzene rings is 1. The summed E-state index contributed by atoms with van der Waals surface area (Å²) < 4.78 is 5.64. The molecule has 1 aliphatic rings. The third-order valence-electron chi connectivity index (χ3n) is 4.06. The molecule has 2 heterocycles. The zero-order valence-electron chi connectivity index (χ0n) is 14.1. The third kappa shape index (κ3) is 4.56. The molecular formula is C19H21N3O3. The van der Waals surface area contributed by atoms with Crippen LogP contribution in [0.4, 0.5) is 0 Å². The number of aromatic nitrogens is 1. The van der Waals surface area contributed by atoms with E-state index in [2.05, 4.69) is 10.3 Å². The van der Waals surface area contributed by atoms with E-state index in [4.69, 9.17) is 4.74 Å². The van der Waals surface area contributed by atoms with Crippen LogP contribution in [0.5, 0.6) is 11.6 Å². The lowest BCUT2D eigenvalue weighted by atomic mass is 10.0. The highest BCUT2D eigenvalue weighted by Crippen LogP contribution is 2.20. The molecule has 2 aromatic rings. The number of likely N-dealkylation sites (tertiary alicyclic amines) is 1. The Morgan fingerprint density at radius 3 is 2.68 bits per heavy atom. The average Bonchev–Trinajstić information content (AvgIpc) is 2.62. The summed E-state index contributed by atoms with van der Waals surface area (Å²) in [5.74, 6) is 0.998. The van der Waals surface area contributed by atoms with E-state index in [1.807, 2.05) is 30.3 Å². The zero-order chi connectivity index (χ0) is 17.6. The lowest BCUT2D eigenvalue weighted by Crippen LogP contribution is -2.49. The minimum Gasteiger partial charge on any atom is -0.439 e. The molecule has 3 rings (SSSR count). The van der Waals surface area contributed by atoms with Crippen molar-refractivity contribution in [3.05, 3.63) is 54.2 Å². The molecule has 1 N–H and O–H groups in total. The SMILES string of the molecule is CC(=O)NC1CCCN(C(=O)c2ccc(Oc3ccccc3)nc2)C1. The Morgan fingerprint density at radius 1 is 1.20 bits per heavy atom. The van der Waals surface area contributed by atoms with Crippen molar-refractivity contribution in [3.8, 4) is 11.6 Å². The number of hydrogen-bond donors (Lipinski definition) is 1. The fourth-order valence-electron chi connectivity index (χ4n) is 2.93. The molecule has 0 spiro atoms. The minimum atomic E-state index is -0.0752. The highest BCUT2D eigenvalue weighted by molar-refractivity contribution is 5.94. The van der Waals surface area contributed by atoms with Crippen molar-refractivity contribution in [2.75, 3.05) is 13.1 Å². The van der Waals surface area contributed by atoms with Crippen LogP contribution < -0.4 is 10.1 Å². The fraction of sp³-hybridized carbons (Fsp3) is 0.316. The quantitative estimate of drug-likeness (QED) is 0.929. The van der Waals surface area contributed by atoms with Gasteiger partial charge in [0.15, 0.2) is 0 Å². The Hall–Kier alpha value is -2.89. The summed E-state index contributed by atoms with van der Waals surface area (Å²) in [5.41, 5.74) is 0.517. The van der Waals surface area contributed by atoms with Gasteiger partial charge in [-0.3, -0.25) is 9.59 Å². The summed E-state index contributed by atoms with van der Waals surface area (Å²) in [7, 11) is 0. The van der Waals surface area contributed by atoms with Crippen molar-refractivity contribution in [1.29, 1.82) is 0 Å². The average molecular weight is 339 g/mol. The van der Waals surface area contributed by atoms with Gasteiger partial charge >= 0.3 is 0 Å². The predicted molar refractivity (Wildman–Crippen MR) is 93.5 cm³/mol. The number of carbonyl (C=O) groups is 2. The van der Waals surface area contributed by atoms with Crippen LogP contribution >= 0.6 is 0 Å². The molecule has 0 bridgehead atoms. The second-order valence-corrected chi connectivity index (χ2v) is 6.09. The van der Waals surface area contributed by atoms with E-state index in [1.54, 1.807) is 17.0 Å². The van der Waals surface area contributed by atoms with E-state index in [1.165, 1.54) is 13.1 Å². The number of para-hydroxylation sites is 1. The molecule has 6 nitrogen and oxygen atoms in total. The summed E-state index contributed by atoms with van der Waals surface area (Å²) >= 11 is 0. The maximum atomic E-state index is 12.6. The van der Waals surface area contributed by atoms with Gasteiger partial charge in [-0.1, -0.05) is 18.2 Å². The van der Waals surface area contributed by atoms with Gasteiger partial charge in [0.1, 0.15) is 5.75 Å². The molecule has 0 aliphatic carbocycles. The van der Waals surface area contributed by atoms with Crippen LogP contribution in [-0.4, -0.2) is 40.8 Å². The number of ether oxygens (including phenoxy) is 1. The molecule has 0 saturated carbocycles. The summed E-state index contributed by atoms with van der Waals surface area (Å²) in [6, 6.07) is 12.8. The van der Waals surface area contributed by atoms with Crippen LogP contribution in [0, 0.1) is 0 Å². The van der Waals surface area contributed by atoms with Gasteiger partial charge < -0.3 is 15.0 Å². The van der Waals surface area contributed by atoms with E-state index in [0.717, 1.165) is 12.8 Å². The van der Waals surface area contributed by atoms with Crippen LogP contribution in [0.25, 0.3) is 0 Å². The van der Waals surface area contributed by atoms with E-state index in [0.29, 0.717) is 30.3 Å². The first-order valence-electron chi connectivity index (χ1n) is 8.37. The van der Waals surface area contributed by atoms with E-state index in [-0.39, 0.29) is 17.9 Å². The molecule has 1 unspecified atom stereocenters. The van der Waals surface area contributed by atoms with Crippen molar-refractivity contribution in [2.45, 2.75) is 25.8 Å². The number of piperidine rings is 1. The van der Waals surface area contributed by atoms with Gasteiger partial charge in [0.25, 0.3) is 5.91 Å². The molecule has 1 aliphatic heterocycles.